The molecule has 1 aliphatic heterocycles. The first kappa shape index (κ1) is 29.3. The molecule has 0 saturated heterocycles. The SMILES string of the molecule is CC1C(C(=O)NCc2cccc(C3CC3)c2)N=NN1CCCCn1cc(C(=O)NCc2ccc(C(C)(C)O)nc2)nn1. The fraction of sp³-hybridized carbons (Fsp3) is 0.500. The fourth-order valence-corrected chi connectivity index (χ4v) is 4.87. The molecule has 42 heavy (non-hydrogen) atoms. The number of aryl methyl sites for hydroxylation is 1. The second kappa shape index (κ2) is 12.8. The van der Waals surface area contributed by atoms with Gasteiger partial charge in [0, 0.05) is 32.4 Å². The van der Waals surface area contributed by atoms with Crippen LogP contribution in [-0.4, -0.2) is 60.5 Å². The molecule has 222 valence electrons. The van der Waals surface area contributed by atoms with Crippen molar-refractivity contribution in [3.05, 3.63) is 76.9 Å². The van der Waals surface area contributed by atoms with Crippen molar-refractivity contribution in [2.75, 3.05) is 6.54 Å². The molecule has 0 radical (unpaired) electrons. The highest BCUT2D eigenvalue weighted by Crippen LogP contribution is 2.40. The van der Waals surface area contributed by atoms with Gasteiger partial charge in [0.1, 0.15) is 5.60 Å². The topological polar surface area (TPSA) is 150 Å². The number of carbonyl (C=O) groups is 2. The van der Waals surface area contributed by atoms with Crippen molar-refractivity contribution in [2.24, 2.45) is 10.3 Å². The lowest BCUT2D eigenvalue weighted by molar-refractivity contribution is -0.123. The molecule has 2 aliphatic rings. The van der Waals surface area contributed by atoms with Crippen molar-refractivity contribution in [3.63, 3.8) is 0 Å². The van der Waals surface area contributed by atoms with Crippen LogP contribution in [0.25, 0.3) is 0 Å². The molecule has 1 aromatic carbocycles. The summed E-state index contributed by atoms with van der Waals surface area (Å²) in [5.41, 5.74) is 3.07. The highest BCUT2D eigenvalue weighted by atomic mass is 16.3. The van der Waals surface area contributed by atoms with Crippen LogP contribution in [0.5, 0.6) is 0 Å². The Hall–Kier alpha value is -4.19. The molecule has 12 heteroatoms. The van der Waals surface area contributed by atoms with E-state index in [1.165, 1.54) is 18.4 Å². The molecule has 0 bridgehead atoms. The molecule has 2 atom stereocenters. The van der Waals surface area contributed by atoms with Gasteiger partial charge in [0.05, 0.1) is 17.9 Å². The van der Waals surface area contributed by atoms with E-state index >= 15 is 0 Å². The third-order valence-electron chi connectivity index (χ3n) is 7.65. The molecule has 1 fully saturated rings. The van der Waals surface area contributed by atoms with Crippen LogP contribution in [0.4, 0.5) is 0 Å². The minimum atomic E-state index is -1.02. The van der Waals surface area contributed by atoms with Crippen molar-refractivity contribution < 1.29 is 14.7 Å². The molecule has 2 unspecified atom stereocenters. The van der Waals surface area contributed by atoms with Crippen LogP contribution >= 0.6 is 0 Å². The number of aliphatic hydroxyl groups is 1. The number of carbonyl (C=O) groups excluding carboxylic acids is 2. The Morgan fingerprint density at radius 3 is 2.57 bits per heavy atom. The first-order valence-corrected chi connectivity index (χ1v) is 14.6. The molecule has 12 nitrogen and oxygen atoms in total. The molecule has 0 spiro atoms. The van der Waals surface area contributed by atoms with Gasteiger partial charge >= 0.3 is 0 Å². The molecule has 3 heterocycles. The predicted molar refractivity (Wildman–Crippen MR) is 155 cm³/mol. The second-order valence-corrected chi connectivity index (χ2v) is 11.7. The van der Waals surface area contributed by atoms with E-state index in [0.29, 0.717) is 37.8 Å². The van der Waals surface area contributed by atoms with Crippen LogP contribution in [0.2, 0.25) is 0 Å². The Kier molecular flexibility index (Phi) is 8.91. The molecule has 2 aromatic heterocycles. The summed E-state index contributed by atoms with van der Waals surface area (Å²) in [6, 6.07) is 11.4. The maximum Gasteiger partial charge on any atom is 0.273 e. The largest absolute Gasteiger partial charge is 0.384 e. The number of nitrogens with one attached hydrogen (secondary N) is 2. The maximum absolute atomic E-state index is 12.8. The monoisotopic (exact) mass is 573 g/mol. The quantitative estimate of drug-likeness (QED) is 0.266. The Labute approximate surface area is 245 Å². The van der Waals surface area contributed by atoms with E-state index in [1.54, 1.807) is 37.0 Å². The van der Waals surface area contributed by atoms with Crippen LogP contribution < -0.4 is 10.6 Å². The number of hydrogen-bond donors (Lipinski definition) is 3. The summed E-state index contributed by atoms with van der Waals surface area (Å²) in [7, 11) is 0. The number of pyridine rings is 1. The van der Waals surface area contributed by atoms with E-state index in [-0.39, 0.29) is 23.6 Å². The number of nitrogens with zero attached hydrogens (tertiary/aromatic N) is 7. The van der Waals surface area contributed by atoms with E-state index in [1.807, 2.05) is 24.1 Å². The third-order valence-corrected chi connectivity index (χ3v) is 7.65. The van der Waals surface area contributed by atoms with Crippen LogP contribution in [0, 0.1) is 0 Å². The number of amides is 2. The molecular formula is C30H39N9O3. The van der Waals surface area contributed by atoms with E-state index < -0.39 is 11.6 Å². The summed E-state index contributed by atoms with van der Waals surface area (Å²) in [4.78, 5) is 29.6. The predicted octanol–water partition coefficient (Wildman–Crippen LogP) is 3.24. The Morgan fingerprint density at radius 2 is 1.83 bits per heavy atom. The zero-order chi connectivity index (χ0) is 29.7. The van der Waals surface area contributed by atoms with Gasteiger partial charge < -0.3 is 15.7 Å². The highest BCUT2D eigenvalue weighted by molar-refractivity contribution is 5.91. The fourth-order valence-electron chi connectivity index (χ4n) is 4.87. The van der Waals surface area contributed by atoms with Crippen molar-refractivity contribution in [2.45, 2.75) is 89.7 Å². The van der Waals surface area contributed by atoms with Gasteiger partial charge in [-0.1, -0.05) is 40.8 Å². The lowest BCUT2D eigenvalue weighted by Gasteiger charge is -2.21. The minimum absolute atomic E-state index is 0.110. The summed E-state index contributed by atoms with van der Waals surface area (Å²) in [6.45, 7) is 7.37. The number of rotatable bonds is 13. The van der Waals surface area contributed by atoms with Crippen LogP contribution in [0.15, 0.2) is 59.1 Å². The summed E-state index contributed by atoms with van der Waals surface area (Å²) >= 11 is 0. The second-order valence-electron chi connectivity index (χ2n) is 11.7. The lowest BCUT2D eigenvalue weighted by atomic mass is 10.0. The summed E-state index contributed by atoms with van der Waals surface area (Å²) in [5, 5.41) is 34.3. The van der Waals surface area contributed by atoms with E-state index in [0.717, 1.165) is 24.0 Å². The number of hydrogen-bond acceptors (Lipinski definition) is 9. The Bertz CT molecular complexity index is 1410. The molecule has 1 aliphatic carbocycles. The minimum Gasteiger partial charge on any atom is -0.384 e. The van der Waals surface area contributed by atoms with E-state index in [9.17, 15) is 14.7 Å². The van der Waals surface area contributed by atoms with Gasteiger partial charge in [0.2, 0.25) is 5.91 Å². The lowest BCUT2D eigenvalue weighted by Crippen LogP contribution is -2.42. The number of benzene rings is 1. The normalized spacial score (nSPS) is 18.3. The maximum atomic E-state index is 12.8. The van der Waals surface area contributed by atoms with Crippen molar-refractivity contribution >= 4 is 11.8 Å². The summed E-state index contributed by atoms with van der Waals surface area (Å²) < 4.78 is 1.65. The summed E-state index contributed by atoms with van der Waals surface area (Å²) in [5.74, 6) is 0.253. The standard InChI is InChI=1S/C30H39N9O3/c1-20-27(29(41)33-16-21-7-6-8-24(15-21)23-10-11-23)35-37-39(20)14-5-4-13-38-19-25(34-36-38)28(40)32-18-22-9-12-26(31-17-22)30(2,3)42/h6-9,12,15,17,19-20,23,27,42H,4-5,10-11,13-14,16,18H2,1-3H3,(H,32,40)(H,33,41). The highest BCUT2D eigenvalue weighted by Gasteiger charge is 2.34. The average Bonchev–Trinajstić information content (AvgIpc) is 3.62. The van der Waals surface area contributed by atoms with Crippen LogP contribution in [0.1, 0.15) is 85.2 Å². The van der Waals surface area contributed by atoms with Gasteiger partial charge in [-0.2, -0.15) is 5.11 Å². The van der Waals surface area contributed by atoms with Gasteiger partial charge in [-0.05, 0) is 75.1 Å². The van der Waals surface area contributed by atoms with Crippen molar-refractivity contribution in [1.29, 1.82) is 0 Å². The summed E-state index contributed by atoms with van der Waals surface area (Å²) in [6.07, 6.45) is 7.39. The first-order chi connectivity index (χ1) is 20.2. The van der Waals surface area contributed by atoms with Gasteiger partial charge in [0.15, 0.2) is 11.7 Å². The molecular weight excluding hydrogens is 534 g/mol. The zero-order valence-electron chi connectivity index (χ0n) is 24.4. The third kappa shape index (κ3) is 7.55. The molecule has 2 amide bonds. The molecule has 3 aromatic rings. The van der Waals surface area contributed by atoms with Crippen LogP contribution in [0.3, 0.4) is 0 Å². The zero-order valence-corrected chi connectivity index (χ0v) is 24.4. The molecule has 1 saturated carbocycles. The van der Waals surface area contributed by atoms with Gasteiger partial charge in [-0.15, -0.1) is 5.10 Å². The van der Waals surface area contributed by atoms with E-state index in [2.05, 4.69) is 54.5 Å². The van der Waals surface area contributed by atoms with Gasteiger partial charge in [-0.25, -0.2) is 0 Å². The average molecular weight is 574 g/mol. The Balaban J connectivity index is 0.995. The number of unbranched alkanes of at least 4 members (excludes halogenated alkanes) is 1. The van der Waals surface area contributed by atoms with E-state index in [4.69, 9.17) is 0 Å². The van der Waals surface area contributed by atoms with Gasteiger partial charge in [-0.3, -0.25) is 24.3 Å². The van der Waals surface area contributed by atoms with Crippen molar-refractivity contribution in [3.8, 4) is 0 Å². The van der Waals surface area contributed by atoms with Crippen molar-refractivity contribution in [1.82, 2.24) is 35.6 Å². The number of aromatic nitrogens is 4. The smallest absolute Gasteiger partial charge is 0.273 e. The Morgan fingerprint density at radius 1 is 1.05 bits per heavy atom. The van der Waals surface area contributed by atoms with Crippen LogP contribution in [-0.2, 0) is 30.0 Å². The van der Waals surface area contributed by atoms with Gasteiger partial charge in [0.25, 0.3) is 5.91 Å². The molecule has 3 N–H and O–H groups in total. The molecule has 5 rings (SSSR count). The first-order valence-electron chi connectivity index (χ1n) is 14.6.